The lowest BCUT2D eigenvalue weighted by Gasteiger charge is -2.13. The maximum atomic E-state index is 12.4. The molecule has 24 heavy (non-hydrogen) atoms. The van der Waals surface area contributed by atoms with Crippen LogP contribution in [0, 0.1) is 0 Å². The molecule has 1 aliphatic heterocycles. The molecule has 0 unspecified atom stereocenters. The standard InChI is InChI=1S/C16H16BrNO4S2/c1-3-6-22-14(19)9-18-15(20)13(24-16(18)23)8-10-4-5-12(21-2)11(17)7-10/h4-5,7-8H,3,6,9H2,1-2H3/b13-8-. The number of methoxy groups -OCH3 is 1. The normalized spacial score (nSPS) is 16.0. The number of ether oxygens (including phenoxy) is 2. The van der Waals surface area contributed by atoms with E-state index in [-0.39, 0.29) is 12.5 Å². The van der Waals surface area contributed by atoms with Crippen molar-refractivity contribution >= 4 is 62.2 Å². The average molecular weight is 430 g/mol. The molecule has 1 amide bonds. The van der Waals surface area contributed by atoms with Gasteiger partial charge in [-0.25, -0.2) is 0 Å². The minimum absolute atomic E-state index is 0.158. The second-order valence-electron chi connectivity index (χ2n) is 4.88. The molecule has 0 atom stereocenters. The summed E-state index contributed by atoms with van der Waals surface area (Å²) in [5.74, 6) is -0.0367. The number of hydrogen-bond acceptors (Lipinski definition) is 6. The van der Waals surface area contributed by atoms with Crippen molar-refractivity contribution in [2.24, 2.45) is 0 Å². The molecule has 0 aliphatic carbocycles. The van der Waals surface area contributed by atoms with Gasteiger partial charge in [-0.05, 0) is 46.1 Å². The number of esters is 1. The van der Waals surface area contributed by atoms with E-state index < -0.39 is 5.97 Å². The highest BCUT2D eigenvalue weighted by atomic mass is 79.9. The summed E-state index contributed by atoms with van der Waals surface area (Å²) in [4.78, 5) is 25.9. The van der Waals surface area contributed by atoms with Crippen molar-refractivity contribution in [2.45, 2.75) is 13.3 Å². The molecule has 1 saturated heterocycles. The molecule has 0 radical (unpaired) electrons. The van der Waals surface area contributed by atoms with E-state index in [0.717, 1.165) is 16.5 Å². The van der Waals surface area contributed by atoms with Crippen LogP contribution in [0.5, 0.6) is 5.75 Å². The number of carbonyl (C=O) groups is 2. The number of thiocarbonyl (C=S) groups is 1. The van der Waals surface area contributed by atoms with Gasteiger partial charge in [0.2, 0.25) is 0 Å². The van der Waals surface area contributed by atoms with E-state index in [1.807, 2.05) is 19.1 Å². The molecule has 128 valence electrons. The Morgan fingerprint density at radius 2 is 2.21 bits per heavy atom. The summed E-state index contributed by atoms with van der Waals surface area (Å²) in [6.07, 6.45) is 2.47. The lowest BCUT2D eigenvalue weighted by Crippen LogP contribution is -2.34. The minimum atomic E-state index is -0.457. The van der Waals surface area contributed by atoms with Gasteiger partial charge in [0.05, 0.1) is 23.1 Å². The lowest BCUT2D eigenvalue weighted by molar-refractivity contribution is -0.146. The van der Waals surface area contributed by atoms with Crippen molar-refractivity contribution in [2.75, 3.05) is 20.3 Å². The molecule has 1 aromatic carbocycles. The number of amides is 1. The molecular weight excluding hydrogens is 414 g/mol. The van der Waals surface area contributed by atoms with Crippen molar-refractivity contribution in [1.29, 1.82) is 0 Å². The third-order valence-corrected chi connectivity index (χ3v) is 5.10. The second-order valence-corrected chi connectivity index (χ2v) is 7.41. The molecule has 8 heteroatoms. The fourth-order valence-electron chi connectivity index (χ4n) is 1.95. The number of hydrogen-bond donors (Lipinski definition) is 0. The zero-order chi connectivity index (χ0) is 17.7. The predicted molar refractivity (Wildman–Crippen MR) is 102 cm³/mol. The first-order valence-electron chi connectivity index (χ1n) is 7.20. The van der Waals surface area contributed by atoms with Crippen LogP contribution in [0.2, 0.25) is 0 Å². The van der Waals surface area contributed by atoms with Crippen LogP contribution in [0.25, 0.3) is 6.08 Å². The van der Waals surface area contributed by atoms with E-state index in [4.69, 9.17) is 21.7 Å². The van der Waals surface area contributed by atoms with Crippen LogP contribution in [-0.2, 0) is 14.3 Å². The third kappa shape index (κ3) is 4.58. The van der Waals surface area contributed by atoms with Crippen molar-refractivity contribution in [3.63, 3.8) is 0 Å². The summed E-state index contributed by atoms with van der Waals surface area (Å²) < 4.78 is 11.3. The first-order chi connectivity index (χ1) is 11.5. The summed E-state index contributed by atoms with van der Waals surface area (Å²) in [6, 6.07) is 5.49. The smallest absolute Gasteiger partial charge is 0.326 e. The summed E-state index contributed by atoms with van der Waals surface area (Å²) in [6.45, 7) is 2.08. The van der Waals surface area contributed by atoms with Crippen molar-refractivity contribution in [3.8, 4) is 5.75 Å². The van der Waals surface area contributed by atoms with Gasteiger partial charge < -0.3 is 9.47 Å². The number of rotatable bonds is 6. The quantitative estimate of drug-likeness (QED) is 0.391. The molecule has 1 fully saturated rings. The molecule has 0 N–H and O–H groups in total. The first kappa shape index (κ1) is 19.0. The van der Waals surface area contributed by atoms with Gasteiger partial charge in [0.15, 0.2) is 0 Å². The Balaban J connectivity index is 2.12. The van der Waals surface area contributed by atoms with Crippen molar-refractivity contribution in [3.05, 3.63) is 33.1 Å². The monoisotopic (exact) mass is 429 g/mol. The molecule has 0 aromatic heterocycles. The Morgan fingerprint density at radius 1 is 1.46 bits per heavy atom. The number of halogens is 1. The molecule has 1 aromatic rings. The first-order valence-corrected chi connectivity index (χ1v) is 9.22. The van der Waals surface area contributed by atoms with Gasteiger partial charge in [-0.2, -0.15) is 0 Å². The van der Waals surface area contributed by atoms with Crippen LogP contribution in [0.4, 0.5) is 0 Å². The van der Waals surface area contributed by atoms with E-state index in [1.54, 1.807) is 19.3 Å². The van der Waals surface area contributed by atoms with Crippen LogP contribution in [0.1, 0.15) is 18.9 Å². The number of benzene rings is 1. The summed E-state index contributed by atoms with van der Waals surface area (Å²) >= 11 is 9.78. The molecule has 0 spiro atoms. The molecule has 5 nitrogen and oxygen atoms in total. The Hall–Kier alpha value is -1.38. The highest BCUT2D eigenvalue weighted by Crippen LogP contribution is 2.33. The Labute approximate surface area is 158 Å². The Morgan fingerprint density at radius 3 is 2.83 bits per heavy atom. The van der Waals surface area contributed by atoms with Crippen LogP contribution >= 0.6 is 39.9 Å². The van der Waals surface area contributed by atoms with Gasteiger partial charge >= 0.3 is 5.97 Å². The van der Waals surface area contributed by atoms with Crippen LogP contribution in [0.15, 0.2) is 27.6 Å². The largest absolute Gasteiger partial charge is 0.496 e. The fourth-order valence-corrected chi connectivity index (χ4v) is 3.76. The average Bonchev–Trinajstić information content (AvgIpc) is 2.80. The summed E-state index contributed by atoms with van der Waals surface area (Å²) in [5.41, 5.74) is 0.830. The summed E-state index contributed by atoms with van der Waals surface area (Å²) in [7, 11) is 1.59. The maximum absolute atomic E-state index is 12.4. The van der Waals surface area contributed by atoms with E-state index in [2.05, 4.69) is 15.9 Å². The second kappa shape index (κ2) is 8.64. The fraction of sp³-hybridized carbons (Fsp3) is 0.312. The molecule has 0 bridgehead atoms. The number of carbonyl (C=O) groups excluding carboxylic acids is 2. The van der Waals surface area contributed by atoms with Crippen molar-refractivity contribution < 1.29 is 19.1 Å². The van der Waals surface area contributed by atoms with Crippen molar-refractivity contribution in [1.82, 2.24) is 4.90 Å². The van der Waals surface area contributed by atoms with E-state index in [0.29, 0.717) is 21.6 Å². The molecule has 1 heterocycles. The highest BCUT2D eigenvalue weighted by molar-refractivity contribution is 9.10. The molecule has 2 rings (SSSR count). The van der Waals surface area contributed by atoms with E-state index >= 15 is 0 Å². The summed E-state index contributed by atoms with van der Waals surface area (Å²) in [5, 5.41) is 0. The topological polar surface area (TPSA) is 55.8 Å². The van der Waals surface area contributed by atoms with Gasteiger partial charge in [-0.3, -0.25) is 14.5 Å². The number of nitrogens with zero attached hydrogens (tertiary/aromatic N) is 1. The van der Waals surface area contributed by atoms with Crippen LogP contribution in [0.3, 0.4) is 0 Å². The minimum Gasteiger partial charge on any atom is -0.496 e. The van der Waals surface area contributed by atoms with Gasteiger partial charge in [0, 0.05) is 0 Å². The zero-order valence-corrected chi connectivity index (χ0v) is 16.4. The lowest BCUT2D eigenvalue weighted by atomic mass is 10.2. The number of thioether (sulfide) groups is 1. The molecular formula is C16H16BrNO4S2. The predicted octanol–water partition coefficient (Wildman–Crippen LogP) is 3.61. The maximum Gasteiger partial charge on any atom is 0.326 e. The third-order valence-electron chi connectivity index (χ3n) is 3.10. The molecule has 1 aliphatic rings. The highest BCUT2D eigenvalue weighted by Gasteiger charge is 2.33. The SMILES string of the molecule is CCCOC(=O)CN1C(=O)/C(=C/c2ccc(OC)c(Br)c2)SC1=S. The van der Waals surface area contributed by atoms with E-state index in [9.17, 15) is 9.59 Å². The Kier molecular flexibility index (Phi) is 6.82. The zero-order valence-electron chi connectivity index (χ0n) is 13.2. The van der Waals surface area contributed by atoms with E-state index in [1.165, 1.54) is 16.7 Å². The van der Waals surface area contributed by atoms with Gasteiger partial charge in [0.1, 0.15) is 16.6 Å². The van der Waals surface area contributed by atoms with Gasteiger partial charge in [-0.1, -0.05) is 37.0 Å². The van der Waals surface area contributed by atoms with Gasteiger partial charge in [0.25, 0.3) is 5.91 Å². The van der Waals surface area contributed by atoms with Crippen LogP contribution in [-0.4, -0.2) is 41.4 Å². The molecule has 0 saturated carbocycles. The van der Waals surface area contributed by atoms with Gasteiger partial charge in [-0.15, -0.1) is 0 Å². The Bertz CT molecular complexity index is 705. The van der Waals surface area contributed by atoms with Crippen LogP contribution < -0.4 is 4.74 Å².